The molecule has 1 amide bonds. The van der Waals surface area contributed by atoms with Gasteiger partial charge >= 0.3 is 0 Å². The Morgan fingerprint density at radius 1 is 1.05 bits per heavy atom. The molecule has 0 unspecified atom stereocenters. The number of carbonyl (C=O) groups is 1. The van der Waals surface area contributed by atoms with Crippen LogP contribution < -0.4 is 4.90 Å². The molecule has 6 heteroatoms. The zero-order valence-electron chi connectivity index (χ0n) is 12.2. The summed E-state index contributed by atoms with van der Waals surface area (Å²) >= 11 is 0. The van der Waals surface area contributed by atoms with E-state index in [2.05, 4.69) is 15.1 Å². The SMILES string of the molecule is O=C([C@H](O)c1ccccc1)N1CCN(c2cccnn2)CC1. The first-order chi connectivity index (χ1) is 10.8. The first-order valence-electron chi connectivity index (χ1n) is 7.30. The average Bonchev–Trinajstić information content (AvgIpc) is 2.62. The Balaban J connectivity index is 1.60. The third-order valence-electron chi connectivity index (χ3n) is 3.82. The van der Waals surface area contributed by atoms with Gasteiger partial charge in [0.05, 0.1) is 0 Å². The number of anilines is 1. The fraction of sp³-hybridized carbons (Fsp3) is 0.312. The lowest BCUT2D eigenvalue weighted by molar-refractivity contribution is -0.140. The van der Waals surface area contributed by atoms with Crippen LogP contribution in [0, 0.1) is 0 Å². The van der Waals surface area contributed by atoms with Gasteiger partial charge in [-0.15, -0.1) is 5.10 Å². The summed E-state index contributed by atoms with van der Waals surface area (Å²) in [4.78, 5) is 16.2. The summed E-state index contributed by atoms with van der Waals surface area (Å²) < 4.78 is 0. The van der Waals surface area contributed by atoms with Gasteiger partial charge in [-0.3, -0.25) is 4.79 Å². The van der Waals surface area contributed by atoms with Crippen LogP contribution in [0.2, 0.25) is 0 Å². The van der Waals surface area contributed by atoms with Crippen molar-refractivity contribution in [3.8, 4) is 0 Å². The number of piperazine rings is 1. The molecule has 2 heterocycles. The molecular weight excluding hydrogens is 280 g/mol. The van der Waals surface area contributed by atoms with Crippen LogP contribution in [0.3, 0.4) is 0 Å². The fourth-order valence-electron chi connectivity index (χ4n) is 2.57. The van der Waals surface area contributed by atoms with Crippen LogP contribution in [-0.4, -0.2) is 52.3 Å². The average molecular weight is 298 g/mol. The van der Waals surface area contributed by atoms with E-state index in [1.54, 1.807) is 23.2 Å². The van der Waals surface area contributed by atoms with Gasteiger partial charge in [0.25, 0.3) is 5.91 Å². The molecule has 1 fully saturated rings. The highest BCUT2D eigenvalue weighted by Crippen LogP contribution is 2.18. The van der Waals surface area contributed by atoms with Crippen molar-refractivity contribution in [2.75, 3.05) is 31.1 Å². The van der Waals surface area contributed by atoms with E-state index in [0.717, 1.165) is 5.82 Å². The number of rotatable bonds is 3. The number of hydrogen-bond donors (Lipinski definition) is 1. The van der Waals surface area contributed by atoms with E-state index in [4.69, 9.17) is 0 Å². The lowest BCUT2D eigenvalue weighted by atomic mass is 10.1. The van der Waals surface area contributed by atoms with Crippen LogP contribution in [0.4, 0.5) is 5.82 Å². The maximum absolute atomic E-state index is 12.4. The summed E-state index contributed by atoms with van der Waals surface area (Å²) in [5.74, 6) is 0.572. The number of nitrogens with zero attached hydrogens (tertiary/aromatic N) is 4. The monoisotopic (exact) mass is 298 g/mol. The molecule has 0 aliphatic carbocycles. The molecule has 0 radical (unpaired) electrons. The van der Waals surface area contributed by atoms with Crippen LogP contribution >= 0.6 is 0 Å². The van der Waals surface area contributed by atoms with Gasteiger partial charge in [0.15, 0.2) is 11.9 Å². The number of aromatic nitrogens is 2. The molecule has 0 spiro atoms. The third-order valence-corrected chi connectivity index (χ3v) is 3.82. The lowest BCUT2D eigenvalue weighted by Gasteiger charge is -2.36. The van der Waals surface area contributed by atoms with Crippen LogP contribution in [0.15, 0.2) is 48.7 Å². The van der Waals surface area contributed by atoms with E-state index >= 15 is 0 Å². The molecule has 6 nitrogen and oxygen atoms in total. The van der Waals surface area contributed by atoms with E-state index < -0.39 is 6.10 Å². The molecule has 1 atom stereocenters. The molecule has 2 aromatic rings. The zero-order valence-corrected chi connectivity index (χ0v) is 12.2. The third kappa shape index (κ3) is 3.07. The predicted molar refractivity (Wildman–Crippen MR) is 82.2 cm³/mol. The van der Waals surface area contributed by atoms with E-state index in [0.29, 0.717) is 31.7 Å². The zero-order chi connectivity index (χ0) is 15.4. The van der Waals surface area contributed by atoms with Crippen LogP contribution in [0.1, 0.15) is 11.7 Å². The van der Waals surface area contributed by atoms with Crippen molar-refractivity contribution in [2.45, 2.75) is 6.10 Å². The number of hydrogen-bond acceptors (Lipinski definition) is 5. The van der Waals surface area contributed by atoms with Crippen molar-refractivity contribution in [1.29, 1.82) is 0 Å². The summed E-state index contributed by atoms with van der Waals surface area (Å²) in [6.07, 6.45) is 0.545. The van der Waals surface area contributed by atoms with Gasteiger partial charge in [-0.25, -0.2) is 0 Å². The van der Waals surface area contributed by atoms with E-state index in [1.165, 1.54) is 0 Å². The minimum Gasteiger partial charge on any atom is -0.378 e. The van der Waals surface area contributed by atoms with Crippen LogP contribution in [0.25, 0.3) is 0 Å². The number of benzene rings is 1. The summed E-state index contributed by atoms with van der Waals surface area (Å²) in [7, 11) is 0. The van der Waals surface area contributed by atoms with Crippen molar-refractivity contribution in [1.82, 2.24) is 15.1 Å². The van der Waals surface area contributed by atoms with Crippen molar-refractivity contribution >= 4 is 11.7 Å². The minimum atomic E-state index is -1.09. The van der Waals surface area contributed by atoms with Gasteiger partial charge in [-0.1, -0.05) is 30.3 Å². The predicted octanol–water partition coefficient (Wildman–Crippen LogP) is 0.859. The summed E-state index contributed by atoms with van der Waals surface area (Å²) in [6.45, 7) is 2.51. The lowest BCUT2D eigenvalue weighted by Crippen LogP contribution is -2.50. The molecule has 3 rings (SSSR count). The second-order valence-electron chi connectivity index (χ2n) is 5.21. The van der Waals surface area contributed by atoms with Crippen molar-refractivity contribution in [3.05, 3.63) is 54.2 Å². The first kappa shape index (κ1) is 14.5. The minimum absolute atomic E-state index is 0.245. The van der Waals surface area contributed by atoms with Gasteiger partial charge in [0.2, 0.25) is 0 Å². The highest BCUT2D eigenvalue weighted by molar-refractivity contribution is 5.82. The van der Waals surface area contributed by atoms with E-state index in [-0.39, 0.29) is 5.91 Å². The maximum Gasteiger partial charge on any atom is 0.256 e. The Bertz CT molecular complexity index is 613. The Hall–Kier alpha value is -2.47. The molecular formula is C16H18N4O2. The molecule has 1 aromatic heterocycles. The Morgan fingerprint density at radius 3 is 2.41 bits per heavy atom. The van der Waals surface area contributed by atoms with Crippen LogP contribution in [0.5, 0.6) is 0 Å². The smallest absolute Gasteiger partial charge is 0.256 e. The standard InChI is InChI=1S/C16H18N4O2/c21-15(13-5-2-1-3-6-13)16(22)20-11-9-19(10-12-20)14-7-4-8-17-18-14/h1-8,15,21H,9-12H2/t15-/m1/s1. The normalized spacial score (nSPS) is 16.4. The van der Waals surface area contributed by atoms with Gasteiger partial charge in [-0.05, 0) is 17.7 Å². The van der Waals surface area contributed by atoms with Crippen LogP contribution in [-0.2, 0) is 4.79 Å². The molecule has 1 aliphatic rings. The largest absolute Gasteiger partial charge is 0.378 e. The Morgan fingerprint density at radius 2 is 1.77 bits per heavy atom. The topological polar surface area (TPSA) is 69.6 Å². The molecule has 0 bridgehead atoms. The van der Waals surface area contributed by atoms with Gasteiger partial charge in [0, 0.05) is 32.4 Å². The van der Waals surface area contributed by atoms with E-state index in [9.17, 15) is 9.90 Å². The summed E-state index contributed by atoms with van der Waals surface area (Å²) in [5.41, 5.74) is 0.629. The molecule has 22 heavy (non-hydrogen) atoms. The summed E-state index contributed by atoms with van der Waals surface area (Å²) in [6, 6.07) is 12.8. The number of aliphatic hydroxyl groups excluding tert-OH is 1. The maximum atomic E-state index is 12.4. The van der Waals surface area contributed by atoms with Crippen molar-refractivity contribution in [3.63, 3.8) is 0 Å². The molecule has 1 N–H and O–H groups in total. The van der Waals surface area contributed by atoms with Gasteiger partial charge in [-0.2, -0.15) is 5.10 Å². The molecule has 1 aliphatic heterocycles. The molecule has 1 aromatic carbocycles. The molecule has 114 valence electrons. The number of carbonyl (C=O) groups excluding carboxylic acids is 1. The van der Waals surface area contributed by atoms with Gasteiger partial charge < -0.3 is 14.9 Å². The molecule has 1 saturated heterocycles. The number of aliphatic hydroxyl groups is 1. The Kier molecular flexibility index (Phi) is 4.29. The highest BCUT2D eigenvalue weighted by atomic mass is 16.3. The quantitative estimate of drug-likeness (QED) is 0.910. The van der Waals surface area contributed by atoms with Crippen molar-refractivity contribution < 1.29 is 9.90 Å². The van der Waals surface area contributed by atoms with Gasteiger partial charge in [0.1, 0.15) is 0 Å². The Labute approximate surface area is 129 Å². The van der Waals surface area contributed by atoms with E-state index in [1.807, 2.05) is 30.3 Å². The fourth-order valence-corrected chi connectivity index (χ4v) is 2.57. The summed E-state index contributed by atoms with van der Waals surface area (Å²) in [5, 5.41) is 18.1. The number of amides is 1. The second kappa shape index (κ2) is 6.53. The molecule has 0 saturated carbocycles. The van der Waals surface area contributed by atoms with Crippen molar-refractivity contribution in [2.24, 2.45) is 0 Å². The highest BCUT2D eigenvalue weighted by Gasteiger charge is 2.27. The first-order valence-corrected chi connectivity index (χ1v) is 7.30. The second-order valence-corrected chi connectivity index (χ2v) is 5.21.